The minimum atomic E-state index is -0.255. The molecule has 3 aromatic rings. The van der Waals surface area contributed by atoms with Crippen molar-refractivity contribution in [3.05, 3.63) is 88.2 Å². The molecule has 1 heterocycles. The van der Waals surface area contributed by atoms with Crippen LogP contribution in [0.3, 0.4) is 0 Å². The summed E-state index contributed by atoms with van der Waals surface area (Å²) >= 11 is 0. The van der Waals surface area contributed by atoms with Crippen molar-refractivity contribution in [2.24, 2.45) is 5.92 Å². The SMILES string of the molecule is Cc1c(C(=O)CC(C)C)c2c(n1-c1ccccc1)C(=O)c1ccccc1C2=O. The monoisotopic (exact) mass is 371 g/mol. The minimum absolute atomic E-state index is 0.0982. The van der Waals surface area contributed by atoms with Gasteiger partial charge >= 0.3 is 0 Å². The van der Waals surface area contributed by atoms with Crippen molar-refractivity contribution in [1.82, 2.24) is 4.57 Å². The molecule has 1 aliphatic rings. The summed E-state index contributed by atoms with van der Waals surface area (Å²) in [5.74, 6) is -0.417. The first kappa shape index (κ1) is 18.1. The molecular formula is C24H21NO3. The first-order valence-corrected chi connectivity index (χ1v) is 9.44. The average Bonchev–Trinajstić information content (AvgIpc) is 2.99. The van der Waals surface area contributed by atoms with Gasteiger partial charge in [0.05, 0.1) is 11.1 Å². The summed E-state index contributed by atoms with van der Waals surface area (Å²) < 4.78 is 1.76. The van der Waals surface area contributed by atoms with Gasteiger partial charge in [-0.1, -0.05) is 56.3 Å². The van der Waals surface area contributed by atoms with Crippen molar-refractivity contribution >= 4 is 17.3 Å². The summed E-state index contributed by atoms with van der Waals surface area (Å²) in [4.78, 5) is 39.8. The first-order chi connectivity index (χ1) is 13.4. The molecule has 0 fully saturated rings. The molecule has 0 amide bonds. The molecule has 140 valence electrons. The van der Waals surface area contributed by atoms with Crippen LogP contribution in [0.2, 0.25) is 0 Å². The van der Waals surface area contributed by atoms with Gasteiger partial charge in [-0.15, -0.1) is 0 Å². The summed E-state index contributed by atoms with van der Waals surface area (Å²) in [7, 11) is 0. The number of rotatable bonds is 4. The highest BCUT2D eigenvalue weighted by atomic mass is 16.1. The number of aromatic nitrogens is 1. The zero-order valence-corrected chi connectivity index (χ0v) is 16.2. The predicted octanol–water partition coefficient (Wildman–Crippen LogP) is 4.79. The van der Waals surface area contributed by atoms with E-state index >= 15 is 0 Å². The molecule has 0 saturated heterocycles. The highest BCUT2D eigenvalue weighted by molar-refractivity contribution is 6.31. The Morgan fingerprint density at radius 1 is 0.893 bits per heavy atom. The lowest BCUT2D eigenvalue weighted by atomic mass is 9.84. The van der Waals surface area contributed by atoms with Gasteiger partial charge in [0.15, 0.2) is 11.6 Å². The third-order valence-corrected chi connectivity index (χ3v) is 5.15. The number of hydrogen-bond donors (Lipinski definition) is 0. The number of para-hydroxylation sites is 1. The van der Waals surface area contributed by atoms with Gasteiger partial charge in [0, 0.05) is 28.9 Å². The van der Waals surface area contributed by atoms with Crippen molar-refractivity contribution < 1.29 is 14.4 Å². The van der Waals surface area contributed by atoms with Crippen LogP contribution in [0.1, 0.15) is 68.3 Å². The molecule has 28 heavy (non-hydrogen) atoms. The van der Waals surface area contributed by atoms with E-state index in [0.29, 0.717) is 34.5 Å². The van der Waals surface area contributed by atoms with Crippen LogP contribution in [0.4, 0.5) is 0 Å². The molecule has 0 bridgehead atoms. The largest absolute Gasteiger partial charge is 0.310 e. The molecule has 0 radical (unpaired) electrons. The van der Waals surface area contributed by atoms with Crippen LogP contribution in [-0.2, 0) is 0 Å². The van der Waals surface area contributed by atoms with Gasteiger partial charge in [-0.3, -0.25) is 14.4 Å². The fourth-order valence-corrected chi connectivity index (χ4v) is 3.98. The maximum atomic E-state index is 13.4. The van der Waals surface area contributed by atoms with Gasteiger partial charge < -0.3 is 4.57 Å². The second-order valence-corrected chi connectivity index (χ2v) is 7.58. The van der Waals surface area contributed by atoms with E-state index in [1.54, 1.807) is 28.8 Å². The van der Waals surface area contributed by atoms with Crippen LogP contribution < -0.4 is 0 Å². The Bertz CT molecular complexity index is 1120. The Labute approximate surface area is 163 Å². The summed E-state index contributed by atoms with van der Waals surface area (Å²) in [6, 6.07) is 16.2. The van der Waals surface area contributed by atoms with E-state index in [-0.39, 0.29) is 28.8 Å². The van der Waals surface area contributed by atoms with Gasteiger partial charge in [-0.2, -0.15) is 0 Å². The zero-order chi connectivity index (χ0) is 20.0. The molecule has 0 unspecified atom stereocenters. The van der Waals surface area contributed by atoms with Gasteiger partial charge in [0.1, 0.15) is 5.69 Å². The lowest BCUT2D eigenvalue weighted by molar-refractivity contribution is 0.0949. The quantitative estimate of drug-likeness (QED) is 0.485. The van der Waals surface area contributed by atoms with E-state index in [2.05, 4.69) is 0 Å². The molecule has 0 N–H and O–H groups in total. The number of carbonyl (C=O) groups excluding carboxylic acids is 3. The Balaban J connectivity index is 2.06. The zero-order valence-electron chi connectivity index (χ0n) is 16.2. The fraction of sp³-hybridized carbons (Fsp3) is 0.208. The second-order valence-electron chi connectivity index (χ2n) is 7.58. The molecular weight excluding hydrogens is 350 g/mol. The van der Waals surface area contributed by atoms with E-state index in [0.717, 1.165) is 5.69 Å². The normalized spacial score (nSPS) is 12.9. The van der Waals surface area contributed by atoms with E-state index < -0.39 is 0 Å². The van der Waals surface area contributed by atoms with Crippen LogP contribution in [0.15, 0.2) is 54.6 Å². The fourth-order valence-electron chi connectivity index (χ4n) is 3.98. The Kier molecular flexibility index (Phi) is 4.34. The lowest BCUT2D eigenvalue weighted by Crippen LogP contribution is -2.23. The van der Waals surface area contributed by atoms with E-state index in [1.807, 2.05) is 51.1 Å². The lowest BCUT2D eigenvalue weighted by Gasteiger charge is -2.17. The standard InChI is InChI=1S/C24H21NO3/c1-14(2)13-19(26)20-15(3)25(16-9-5-4-6-10-16)22-21(20)23(27)17-11-7-8-12-18(17)24(22)28/h4-12,14H,13H2,1-3H3. The topological polar surface area (TPSA) is 56.1 Å². The highest BCUT2D eigenvalue weighted by Crippen LogP contribution is 2.36. The van der Waals surface area contributed by atoms with E-state index in [1.165, 1.54) is 0 Å². The molecule has 4 rings (SSSR count). The number of carbonyl (C=O) groups is 3. The smallest absolute Gasteiger partial charge is 0.211 e. The summed E-state index contributed by atoms with van der Waals surface area (Å²) in [5.41, 5.74) is 3.06. The molecule has 0 spiro atoms. The number of benzene rings is 2. The Morgan fingerprint density at radius 3 is 2.07 bits per heavy atom. The van der Waals surface area contributed by atoms with Crippen molar-refractivity contribution in [2.75, 3.05) is 0 Å². The molecule has 4 nitrogen and oxygen atoms in total. The second kappa shape index (κ2) is 6.71. The van der Waals surface area contributed by atoms with E-state index in [9.17, 15) is 14.4 Å². The molecule has 0 atom stereocenters. The average molecular weight is 371 g/mol. The van der Waals surface area contributed by atoms with Crippen LogP contribution in [0.5, 0.6) is 0 Å². The van der Waals surface area contributed by atoms with Crippen LogP contribution in [0.25, 0.3) is 5.69 Å². The minimum Gasteiger partial charge on any atom is -0.310 e. The van der Waals surface area contributed by atoms with Crippen molar-refractivity contribution in [3.8, 4) is 5.69 Å². The number of Topliss-reactive ketones (excluding diaryl/α,β-unsaturated/α-hetero) is 1. The molecule has 1 aromatic heterocycles. The number of fused-ring (bicyclic) bond motifs is 2. The van der Waals surface area contributed by atoms with Gasteiger partial charge in [-0.25, -0.2) is 0 Å². The molecule has 2 aromatic carbocycles. The third-order valence-electron chi connectivity index (χ3n) is 5.15. The number of nitrogens with zero attached hydrogens (tertiary/aromatic N) is 1. The number of ketones is 3. The van der Waals surface area contributed by atoms with Gasteiger partial charge in [0.25, 0.3) is 0 Å². The van der Waals surface area contributed by atoms with Crippen molar-refractivity contribution in [2.45, 2.75) is 27.2 Å². The molecule has 1 aliphatic carbocycles. The number of hydrogen-bond acceptors (Lipinski definition) is 3. The molecule has 0 aliphatic heterocycles. The Hall–Kier alpha value is -3.27. The van der Waals surface area contributed by atoms with E-state index in [4.69, 9.17) is 0 Å². The third kappa shape index (κ3) is 2.64. The van der Waals surface area contributed by atoms with Crippen molar-refractivity contribution in [1.29, 1.82) is 0 Å². The maximum Gasteiger partial charge on any atom is 0.211 e. The maximum absolute atomic E-state index is 13.4. The predicted molar refractivity (Wildman–Crippen MR) is 108 cm³/mol. The van der Waals surface area contributed by atoms with Crippen LogP contribution in [0, 0.1) is 12.8 Å². The van der Waals surface area contributed by atoms with Crippen LogP contribution >= 0.6 is 0 Å². The highest BCUT2D eigenvalue weighted by Gasteiger charge is 2.38. The van der Waals surface area contributed by atoms with Gasteiger partial charge in [0.2, 0.25) is 5.78 Å². The first-order valence-electron chi connectivity index (χ1n) is 9.44. The summed E-state index contributed by atoms with van der Waals surface area (Å²) in [6.45, 7) is 5.75. The van der Waals surface area contributed by atoms with Crippen LogP contribution in [-0.4, -0.2) is 21.9 Å². The molecule has 4 heteroatoms. The summed E-state index contributed by atoms with van der Waals surface area (Å²) in [6.07, 6.45) is 0.329. The molecule has 0 saturated carbocycles. The van der Waals surface area contributed by atoms with Crippen molar-refractivity contribution in [3.63, 3.8) is 0 Å². The summed E-state index contributed by atoms with van der Waals surface area (Å²) in [5, 5.41) is 0. The van der Waals surface area contributed by atoms with Gasteiger partial charge in [-0.05, 0) is 25.0 Å². The Morgan fingerprint density at radius 2 is 1.46 bits per heavy atom.